The van der Waals surface area contributed by atoms with Crippen molar-refractivity contribution in [2.24, 2.45) is 4.99 Å². The summed E-state index contributed by atoms with van der Waals surface area (Å²) >= 11 is 11.9. The van der Waals surface area contributed by atoms with Crippen molar-refractivity contribution in [2.75, 3.05) is 31.2 Å². The number of ether oxygens (including phenoxy) is 1. The second-order valence-electron chi connectivity index (χ2n) is 5.17. The van der Waals surface area contributed by atoms with Crippen molar-refractivity contribution in [3.05, 3.63) is 52.0 Å². The van der Waals surface area contributed by atoms with Crippen molar-refractivity contribution in [3.8, 4) is 5.75 Å². The van der Waals surface area contributed by atoms with Gasteiger partial charge in [-0.1, -0.05) is 35.3 Å². The topological polar surface area (TPSA) is 45.1 Å². The largest absolute Gasteiger partial charge is 0.506 e. The maximum Gasteiger partial charge on any atom is 0.143 e. The van der Waals surface area contributed by atoms with Gasteiger partial charge in [0.05, 0.1) is 29.6 Å². The molecule has 120 valence electrons. The molecule has 1 aliphatic rings. The Morgan fingerprint density at radius 2 is 1.87 bits per heavy atom. The summed E-state index contributed by atoms with van der Waals surface area (Å²) in [5.74, 6) is -0.0244. The van der Waals surface area contributed by atoms with Crippen LogP contribution in [0.5, 0.6) is 5.75 Å². The Bertz CT molecular complexity index is 729. The molecule has 0 saturated carbocycles. The second kappa shape index (κ2) is 7.21. The van der Waals surface area contributed by atoms with Crippen molar-refractivity contribution in [3.63, 3.8) is 0 Å². The van der Waals surface area contributed by atoms with Crippen LogP contribution in [0.25, 0.3) is 0 Å². The summed E-state index contributed by atoms with van der Waals surface area (Å²) in [5, 5.41) is 10.7. The average molecular weight is 351 g/mol. The van der Waals surface area contributed by atoms with E-state index in [-0.39, 0.29) is 10.8 Å². The van der Waals surface area contributed by atoms with Crippen molar-refractivity contribution in [1.29, 1.82) is 0 Å². The first-order valence-electron chi connectivity index (χ1n) is 7.29. The van der Waals surface area contributed by atoms with E-state index in [9.17, 15) is 5.11 Å². The van der Waals surface area contributed by atoms with E-state index in [1.54, 1.807) is 12.3 Å². The third-order valence-electron chi connectivity index (χ3n) is 3.63. The molecule has 1 heterocycles. The van der Waals surface area contributed by atoms with Crippen LogP contribution in [0, 0.1) is 0 Å². The lowest BCUT2D eigenvalue weighted by Gasteiger charge is -2.29. The predicted molar refractivity (Wildman–Crippen MR) is 94.9 cm³/mol. The van der Waals surface area contributed by atoms with Crippen LogP contribution >= 0.6 is 23.2 Å². The highest BCUT2D eigenvalue weighted by atomic mass is 35.5. The first kappa shape index (κ1) is 16.1. The predicted octanol–water partition coefficient (Wildman–Crippen LogP) is 4.29. The number of hydrogen-bond acceptors (Lipinski definition) is 4. The van der Waals surface area contributed by atoms with E-state index in [1.807, 2.05) is 24.3 Å². The molecule has 1 N–H and O–H groups in total. The first-order chi connectivity index (χ1) is 11.1. The van der Waals surface area contributed by atoms with E-state index in [0.29, 0.717) is 23.8 Å². The van der Waals surface area contributed by atoms with Crippen LogP contribution in [-0.4, -0.2) is 37.6 Å². The molecular weight excluding hydrogens is 335 g/mol. The highest BCUT2D eigenvalue weighted by molar-refractivity contribution is 6.36. The number of phenols is 1. The molecule has 3 rings (SSSR count). The van der Waals surface area contributed by atoms with Crippen LogP contribution in [0.15, 0.2) is 41.4 Å². The smallest absolute Gasteiger partial charge is 0.143 e. The Kier molecular flexibility index (Phi) is 5.06. The summed E-state index contributed by atoms with van der Waals surface area (Å²) in [6.45, 7) is 3.09. The lowest BCUT2D eigenvalue weighted by atomic mass is 10.2. The molecule has 1 saturated heterocycles. The zero-order valence-corrected chi connectivity index (χ0v) is 13.9. The van der Waals surface area contributed by atoms with Gasteiger partial charge in [-0.25, -0.2) is 0 Å². The van der Waals surface area contributed by atoms with Gasteiger partial charge in [-0.15, -0.1) is 0 Å². The third-order valence-corrected chi connectivity index (χ3v) is 4.14. The van der Waals surface area contributed by atoms with Crippen LogP contribution in [0.4, 0.5) is 11.4 Å². The first-order valence-corrected chi connectivity index (χ1v) is 8.04. The molecule has 2 aromatic carbocycles. The van der Waals surface area contributed by atoms with E-state index >= 15 is 0 Å². The fourth-order valence-electron chi connectivity index (χ4n) is 2.47. The summed E-state index contributed by atoms with van der Waals surface area (Å²) < 4.78 is 5.39. The van der Waals surface area contributed by atoms with Crippen molar-refractivity contribution in [2.45, 2.75) is 0 Å². The molecule has 0 amide bonds. The van der Waals surface area contributed by atoms with Gasteiger partial charge >= 0.3 is 0 Å². The molecule has 0 aromatic heterocycles. The summed E-state index contributed by atoms with van der Waals surface area (Å²) in [5.41, 5.74) is 2.35. The third kappa shape index (κ3) is 3.78. The summed E-state index contributed by atoms with van der Waals surface area (Å²) in [4.78, 5) is 6.75. The number of aromatic hydroxyl groups is 1. The number of hydrogen-bond donors (Lipinski definition) is 1. The van der Waals surface area contributed by atoms with E-state index < -0.39 is 0 Å². The fraction of sp³-hybridized carbons (Fsp3) is 0.235. The van der Waals surface area contributed by atoms with Gasteiger partial charge in [0.1, 0.15) is 5.75 Å². The number of halogens is 2. The molecule has 0 spiro atoms. The molecule has 0 aliphatic carbocycles. The summed E-state index contributed by atoms with van der Waals surface area (Å²) in [6.07, 6.45) is 1.58. The molecule has 0 bridgehead atoms. The Labute approximate surface area is 144 Å². The zero-order chi connectivity index (χ0) is 16.2. The number of para-hydroxylation sites is 2. The molecule has 0 unspecified atom stereocenters. The van der Waals surface area contributed by atoms with Crippen LogP contribution in [0.1, 0.15) is 5.56 Å². The highest BCUT2D eigenvalue weighted by Gasteiger charge is 2.14. The lowest BCUT2D eigenvalue weighted by molar-refractivity contribution is 0.123. The number of benzene rings is 2. The Balaban J connectivity index is 1.91. The second-order valence-corrected chi connectivity index (χ2v) is 6.02. The summed E-state index contributed by atoms with van der Waals surface area (Å²) in [6, 6.07) is 11.0. The van der Waals surface area contributed by atoms with Gasteiger partial charge < -0.3 is 14.7 Å². The zero-order valence-electron chi connectivity index (χ0n) is 12.4. The van der Waals surface area contributed by atoms with E-state index in [4.69, 9.17) is 27.9 Å². The number of phenolic OH excluding ortho intramolecular Hbond substituents is 1. The van der Waals surface area contributed by atoms with Crippen LogP contribution in [-0.2, 0) is 4.74 Å². The molecule has 4 nitrogen and oxygen atoms in total. The van der Waals surface area contributed by atoms with E-state index in [0.717, 1.165) is 24.5 Å². The number of morpholine rings is 1. The number of nitrogens with zero attached hydrogens (tertiary/aromatic N) is 2. The van der Waals surface area contributed by atoms with Gasteiger partial charge in [0.2, 0.25) is 0 Å². The van der Waals surface area contributed by atoms with Gasteiger partial charge in [0.15, 0.2) is 0 Å². The van der Waals surface area contributed by atoms with Gasteiger partial charge in [-0.3, -0.25) is 4.99 Å². The molecule has 0 radical (unpaired) electrons. The molecule has 1 aliphatic heterocycles. The van der Waals surface area contributed by atoms with Crippen LogP contribution < -0.4 is 4.90 Å². The number of anilines is 1. The van der Waals surface area contributed by atoms with Crippen molar-refractivity contribution in [1.82, 2.24) is 0 Å². The number of rotatable bonds is 3. The monoisotopic (exact) mass is 350 g/mol. The van der Waals surface area contributed by atoms with Gasteiger partial charge in [-0.2, -0.15) is 0 Å². The molecule has 6 heteroatoms. The fourth-order valence-corrected chi connectivity index (χ4v) is 2.98. The Morgan fingerprint density at radius 3 is 2.65 bits per heavy atom. The Hall–Kier alpha value is -1.75. The van der Waals surface area contributed by atoms with Crippen LogP contribution in [0.3, 0.4) is 0 Å². The quantitative estimate of drug-likeness (QED) is 0.840. The standard InChI is InChI=1S/C17H16Cl2N2O2/c18-13-9-12(17(22)14(19)10-13)11-20-15-3-1-2-4-16(15)21-5-7-23-8-6-21/h1-4,9-11,22H,5-8H2. The maximum absolute atomic E-state index is 10.0. The van der Waals surface area contributed by atoms with Gasteiger partial charge in [0.25, 0.3) is 0 Å². The normalized spacial score (nSPS) is 15.3. The van der Waals surface area contributed by atoms with E-state index in [2.05, 4.69) is 9.89 Å². The molecule has 2 aromatic rings. The molecule has 1 fully saturated rings. The summed E-state index contributed by atoms with van der Waals surface area (Å²) in [7, 11) is 0. The van der Waals surface area contributed by atoms with Crippen molar-refractivity contribution >= 4 is 40.8 Å². The van der Waals surface area contributed by atoms with Gasteiger partial charge in [-0.05, 0) is 24.3 Å². The molecular formula is C17H16Cl2N2O2. The van der Waals surface area contributed by atoms with Crippen molar-refractivity contribution < 1.29 is 9.84 Å². The average Bonchev–Trinajstić information content (AvgIpc) is 2.58. The Morgan fingerprint density at radius 1 is 1.13 bits per heavy atom. The highest BCUT2D eigenvalue weighted by Crippen LogP contribution is 2.32. The SMILES string of the molecule is Oc1c(Cl)cc(Cl)cc1C=Nc1ccccc1N1CCOCC1. The minimum atomic E-state index is -0.0244. The molecule has 23 heavy (non-hydrogen) atoms. The lowest BCUT2D eigenvalue weighted by Crippen LogP contribution is -2.36. The minimum Gasteiger partial charge on any atom is -0.506 e. The van der Waals surface area contributed by atoms with E-state index in [1.165, 1.54) is 6.07 Å². The van der Waals surface area contributed by atoms with Crippen LogP contribution in [0.2, 0.25) is 10.0 Å². The minimum absolute atomic E-state index is 0.0244. The van der Waals surface area contributed by atoms with Gasteiger partial charge in [0, 0.05) is 29.9 Å². The molecule has 0 atom stereocenters. The maximum atomic E-state index is 10.0. The number of aliphatic imine (C=N–C) groups is 1.